The van der Waals surface area contributed by atoms with Gasteiger partial charge in [-0.2, -0.15) is 0 Å². The zero-order valence-electron chi connectivity index (χ0n) is 18.0. The van der Waals surface area contributed by atoms with Crippen LogP contribution < -0.4 is 0 Å². The fraction of sp³-hybridized carbons (Fsp3) is 0.600. The molecule has 1 heterocycles. The number of hydrogen-bond donors (Lipinski definition) is 0. The van der Waals surface area contributed by atoms with Gasteiger partial charge < -0.3 is 28.4 Å². The minimum atomic E-state index is -1.28. The highest BCUT2D eigenvalue weighted by atomic mass is 16.7. The molecule has 0 N–H and O–H groups in total. The van der Waals surface area contributed by atoms with Crippen molar-refractivity contribution in [2.45, 2.75) is 72.2 Å². The Kier molecular flexibility index (Phi) is 9.51. The van der Waals surface area contributed by atoms with Gasteiger partial charge in [0.15, 0.2) is 12.2 Å². The van der Waals surface area contributed by atoms with Crippen LogP contribution in [0, 0.1) is 0 Å². The molecule has 10 nitrogen and oxygen atoms in total. The molecule has 1 fully saturated rings. The van der Waals surface area contributed by atoms with Crippen molar-refractivity contribution >= 4 is 23.9 Å². The highest BCUT2D eigenvalue weighted by Crippen LogP contribution is 2.31. The third-order valence-electron chi connectivity index (χ3n) is 3.87. The minimum Gasteiger partial charge on any atom is -0.463 e. The highest BCUT2D eigenvalue weighted by molar-refractivity contribution is 5.68. The van der Waals surface area contributed by atoms with E-state index in [0.717, 1.165) is 26.3 Å². The van der Waals surface area contributed by atoms with Gasteiger partial charge in [0.2, 0.25) is 12.4 Å². The fourth-order valence-corrected chi connectivity index (χ4v) is 2.78. The topological polar surface area (TPSA) is 124 Å². The summed E-state index contributed by atoms with van der Waals surface area (Å²) in [7, 11) is 0. The standard InChI is InChI=1S/C20H28O10/c1-8-15(10(2)3)29-20-19(28-14(7)24)18(27-13(6)23)17(26-12(5)22)16(30-20)9-25-11(4)21/h8,16-20H,1,9H2,2-7H3/t16-,17+,18+,19-,20-/m1/s1. The summed E-state index contributed by atoms with van der Waals surface area (Å²) in [4.78, 5) is 46.4. The zero-order chi connectivity index (χ0) is 23.0. The van der Waals surface area contributed by atoms with Gasteiger partial charge in [-0.25, -0.2) is 0 Å². The van der Waals surface area contributed by atoms with Crippen LogP contribution in [0.5, 0.6) is 0 Å². The maximum atomic E-state index is 11.7. The molecular formula is C20H28O10. The van der Waals surface area contributed by atoms with Crippen molar-refractivity contribution < 1.29 is 47.6 Å². The monoisotopic (exact) mass is 428 g/mol. The average Bonchev–Trinajstić information content (AvgIpc) is 2.60. The van der Waals surface area contributed by atoms with Gasteiger partial charge in [0.05, 0.1) is 0 Å². The molecule has 1 rings (SSSR count). The van der Waals surface area contributed by atoms with Gasteiger partial charge in [-0.05, 0) is 25.5 Å². The molecule has 1 aliphatic rings. The van der Waals surface area contributed by atoms with E-state index in [0.29, 0.717) is 5.76 Å². The number of carbonyl (C=O) groups excluding carboxylic acids is 4. The van der Waals surface area contributed by atoms with Crippen LogP contribution in [0.3, 0.4) is 0 Å². The first-order chi connectivity index (χ1) is 14.0. The predicted octanol–water partition coefficient (Wildman–Crippen LogP) is 1.57. The maximum Gasteiger partial charge on any atom is 0.303 e. The SMILES string of the molecule is C=CC(O[C@@H]1O[C@H](COC(C)=O)[C@H](OC(C)=O)[C@H](OC(C)=O)[C@H]1OC(C)=O)=C(C)C. The van der Waals surface area contributed by atoms with Crippen molar-refractivity contribution in [3.8, 4) is 0 Å². The van der Waals surface area contributed by atoms with Crippen molar-refractivity contribution in [3.63, 3.8) is 0 Å². The lowest BCUT2D eigenvalue weighted by Gasteiger charge is -2.44. The summed E-state index contributed by atoms with van der Waals surface area (Å²) in [6.07, 6.45) is -4.69. The first-order valence-electron chi connectivity index (χ1n) is 9.23. The molecule has 5 atom stereocenters. The normalized spacial score (nSPS) is 25.3. The van der Waals surface area contributed by atoms with Crippen molar-refractivity contribution in [1.29, 1.82) is 0 Å². The Hall–Kier alpha value is -2.88. The van der Waals surface area contributed by atoms with E-state index >= 15 is 0 Å². The molecule has 0 bridgehead atoms. The van der Waals surface area contributed by atoms with E-state index in [9.17, 15) is 19.2 Å². The predicted molar refractivity (Wildman–Crippen MR) is 102 cm³/mol. The van der Waals surface area contributed by atoms with Crippen LogP contribution in [0.4, 0.5) is 0 Å². The van der Waals surface area contributed by atoms with E-state index in [2.05, 4.69) is 6.58 Å². The summed E-state index contributed by atoms with van der Waals surface area (Å²) >= 11 is 0. The van der Waals surface area contributed by atoms with Gasteiger partial charge >= 0.3 is 23.9 Å². The van der Waals surface area contributed by atoms with E-state index < -0.39 is 54.6 Å². The first kappa shape index (κ1) is 25.2. The third-order valence-corrected chi connectivity index (χ3v) is 3.87. The van der Waals surface area contributed by atoms with Crippen LogP contribution in [0.25, 0.3) is 0 Å². The van der Waals surface area contributed by atoms with Crippen LogP contribution in [0.1, 0.15) is 41.5 Å². The zero-order valence-corrected chi connectivity index (χ0v) is 18.0. The van der Waals surface area contributed by atoms with Gasteiger partial charge in [-0.1, -0.05) is 6.58 Å². The Bertz CT molecular complexity index is 706. The van der Waals surface area contributed by atoms with Crippen molar-refractivity contribution in [1.82, 2.24) is 0 Å². The summed E-state index contributed by atoms with van der Waals surface area (Å²) in [5.74, 6) is -2.37. The van der Waals surface area contributed by atoms with Crippen LogP contribution in [0.15, 0.2) is 24.0 Å². The van der Waals surface area contributed by atoms with Crippen LogP contribution in [-0.2, 0) is 47.6 Å². The Labute approximate surface area is 175 Å². The van der Waals surface area contributed by atoms with Crippen molar-refractivity contribution in [2.24, 2.45) is 0 Å². The lowest BCUT2D eigenvalue weighted by molar-refractivity contribution is -0.299. The lowest BCUT2D eigenvalue weighted by atomic mass is 9.98. The molecule has 1 saturated heterocycles. The Morgan fingerprint density at radius 3 is 1.70 bits per heavy atom. The molecule has 30 heavy (non-hydrogen) atoms. The van der Waals surface area contributed by atoms with Gasteiger partial charge in [-0.15, -0.1) is 0 Å². The quantitative estimate of drug-likeness (QED) is 0.243. The smallest absolute Gasteiger partial charge is 0.303 e. The van der Waals surface area contributed by atoms with Gasteiger partial charge in [0.1, 0.15) is 18.5 Å². The van der Waals surface area contributed by atoms with E-state index in [-0.39, 0.29) is 6.61 Å². The molecule has 0 spiro atoms. The largest absolute Gasteiger partial charge is 0.463 e. The molecule has 0 radical (unpaired) electrons. The van der Waals surface area contributed by atoms with E-state index in [1.165, 1.54) is 13.0 Å². The molecule has 10 heteroatoms. The number of allylic oxidation sites excluding steroid dienone is 2. The molecule has 0 aromatic heterocycles. The maximum absolute atomic E-state index is 11.7. The summed E-state index contributed by atoms with van der Waals surface area (Å²) in [6, 6.07) is 0. The Morgan fingerprint density at radius 2 is 1.27 bits per heavy atom. The molecule has 0 unspecified atom stereocenters. The number of rotatable bonds is 8. The van der Waals surface area contributed by atoms with Crippen LogP contribution >= 0.6 is 0 Å². The average molecular weight is 428 g/mol. The highest BCUT2D eigenvalue weighted by Gasteiger charge is 2.53. The molecule has 0 aliphatic carbocycles. The molecule has 0 saturated carbocycles. The first-order valence-corrected chi connectivity index (χ1v) is 9.23. The van der Waals surface area contributed by atoms with Crippen LogP contribution in [0.2, 0.25) is 0 Å². The van der Waals surface area contributed by atoms with Gasteiger partial charge in [0.25, 0.3) is 0 Å². The molecule has 0 aromatic rings. The molecule has 168 valence electrons. The third kappa shape index (κ3) is 7.51. The van der Waals surface area contributed by atoms with Gasteiger partial charge in [-0.3, -0.25) is 19.2 Å². The summed E-state index contributed by atoms with van der Waals surface area (Å²) in [5, 5.41) is 0. The number of hydrogen-bond acceptors (Lipinski definition) is 10. The van der Waals surface area contributed by atoms with Crippen LogP contribution in [-0.4, -0.2) is 61.2 Å². The number of esters is 4. The summed E-state index contributed by atoms with van der Waals surface area (Å²) < 4.78 is 32.5. The number of ether oxygens (including phenoxy) is 6. The van der Waals surface area contributed by atoms with E-state index in [1.807, 2.05) is 0 Å². The second-order valence-electron chi connectivity index (χ2n) is 6.75. The van der Waals surface area contributed by atoms with Gasteiger partial charge in [0, 0.05) is 27.7 Å². The second-order valence-corrected chi connectivity index (χ2v) is 6.75. The summed E-state index contributed by atoms with van der Waals surface area (Å²) in [5.41, 5.74) is 0.748. The van der Waals surface area contributed by atoms with Crippen molar-refractivity contribution in [2.75, 3.05) is 6.61 Å². The Balaban J connectivity index is 3.42. The molecule has 1 aliphatic heterocycles. The van der Waals surface area contributed by atoms with Crippen molar-refractivity contribution in [3.05, 3.63) is 24.0 Å². The second kappa shape index (κ2) is 11.3. The molecular weight excluding hydrogens is 400 g/mol. The molecule has 0 aromatic carbocycles. The number of carbonyl (C=O) groups is 4. The Morgan fingerprint density at radius 1 is 0.767 bits per heavy atom. The fourth-order valence-electron chi connectivity index (χ4n) is 2.78. The summed E-state index contributed by atoms with van der Waals surface area (Å²) in [6.45, 7) is 11.5. The van der Waals surface area contributed by atoms with E-state index in [4.69, 9.17) is 28.4 Å². The minimum absolute atomic E-state index is 0.323. The van der Waals surface area contributed by atoms with E-state index in [1.54, 1.807) is 13.8 Å². The molecule has 0 amide bonds. The lowest BCUT2D eigenvalue weighted by Crippen LogP contribution is -2.62.